The number of nitriles is 1. The zero-order valence-corrected chi connectivity index (χ0v) is 11.1. The number of rotatable bonds is 4. The summed E-state index contributed by atoms with van der Waals surface area (Å²) in [5, 5.41) is 8.98. The van der Waals surface area contributed by atoms with Gasteiger partial charge in [-0.15, -0.1) is 0 Å². The van der Waals surface area contributed by atoms with E-state index in [1.54, 1.807) is 6.07 Å². The molecule has 2 aromatic carbocycles. The number of halogens is 1. The summed E-state index contributed by atoms with van der Waals surface area (Å²) >= 11 is 0. The van der Waals surface area contributed by atoms with Crippen molar-refractivity contribution in [1.82, 2.24) is 0 Å². The van der Waals surface area contributed by atoms with Crippen molar-refractivity contribution < 1.29 is 9.13 Å². The molecule has 0 unspecified atom stereocenters. The minimum atomic E-state index is -0.382. The molecule has 0 radical (unpaired) electrons. The average Bonchev–Trinajstić information content (AvgIpc) is 2.45. The molecule has 0 heterocycles. The Morgan fingerprint density at radius 1 is 1.30 bits per heavy atom. The number of ether oxygens (including phenoxy) is 1. The molecule has 4 heteroatoms. The van der Waals surface area contributed by atoms with Gasteiger partial charge in [-0.1, -0.05) is 12.1 Å². The standard InChI is InChI=1S/C16H15FN2O/c1-11(19)12-3-2-4-16(8-12)20-10-14-7-15(17)6-5-13(14)9-18/h2-8,11H,10,19H2,1H3/t11-/m1/s1. The normalized spacial score (nSPS) is 11.7. The van der Waals surface area contributed by atoms with Crippen molar-refractivity contribution in [2.24, 2.45) is 5.73 Å². The lowest BCUT2D eigenvalue weighted by molar-refractivity contribution is 0.305. The highest BCUT2D eigenvalue weighted by Crippen LogP contribution is 2.20. The van der Waals surface area contributed by atoms with Crippen LogP contribution < -0.4 is 10.5 Å². The average molecular weight is 270 g/mol. The summed E-state index contributed by atoms with van der Waals surface area (Å²) in [5.41, 5.74) is 7.71. The minimum absolute atomic E-state index is 0.0811. The van der Waals surface area contributed by atoms with Gasteiger partial charge in [-0.3, -0.25) is 0 Å². The Hall–Kier alpha value is -2.38. The Kier molecular flexibility index (Phi) is 4.34. The van der Waals surface area contributed by atoms with Crippen LogP contribution in [0.25, 0.3) is 0 Å². The van der Waals surface area contributed by atoms with Gasteiger partial charge >= 0.3 is 0 Å². The van der Waals surface area contributed by atoms with Gasteiger partial charge in [0.25, 0.3) is 0 Å². The largest absolute Gasteiger partial charge is 0.489 e. The fourth-order valence-corrected chi connectivity index (χ4v) is 1.84. The van der Waals surface area contributed by atoms with Crippen molar-refractivity contribution in [2.75, 3.05) is 0 Å². The van der Waals surface area contributed by atoms with E-state index in [0.29, 0.717) is 16.9 Å². The molecule has 3 nitrogen and oxygen atoms in total. The maximum atomic E-state index is 13.2. The second-order valence-electron chi connectivity index (χ2n) is 4.56. The van der Waals surface area contributed by atoms with Crippen molar-refractivity contribution in [3.05, 3.63) is 65.0 Å². The van der Waals surface area contributed by atoms with Gasteiger partial charge in [-0.2, -0.15) is 5.26 Å². The summed E-state index contributed by atoms with van der Waals surface area (Å²) in [4.78, 5) is 0. The van der Waals surface area contributed by atoms with Gasteiger partial charge in [0.15, 0.2) is 0 Å². The lowest BCUT2D eigenvalue weighted by atomic mass is 10.1. The Morgan fingerprint density at radius 3 is 2.80 bits per heavy atom. The highest BCUT2D eigenvalue weighted by molar-refractivity contribution is 5.38. The van der Waals surface area contributed by atoms with Gasteiger partial charge in [-0.05, 0) is 42.8 Å². The molecule has 0 saturated carbocycles. The summed E-state index contributed by atoms with van der Waals surface area (Å²) in [6.07, 6.45) is 0. The van der Waals surface area contributed by atoms with Gasteiger partial charge < -0.3 is 10.5 Å². The van der Waals surface area contributed by atoms with E-state index in [2.05, 4.69) is 0 Å². The number of hydrogen-bond acceptors (Lipinski definition) is 3. The third kappa shape index (κ3) is 3.34. The summed E-state index contributed by atoms with van der Waals surface area (Å²) < 4.78 is 18.8. The van der Waals surface area contributed by atoms with Crippen LogP contribution in [0.2, 0.25) is 0 Å². The van der Waals surface area contributed by atoms with Crippen LogP contribution in [0.4, 0.5) is 4.39 Å². The SMILES string of the molecule is C[C@@H](N)c1cccc(OCc2cc(F)ccc2C#N)c1. The molecule has 0 amide bonds. The molecule has 0 saturated heterocycles. The molecule has 0 aliphatic heterocycles. The molecule has 0 aliphatic rings. The molecular weight excluding hydrogens is 255 g/mol. The molecule has 2 aromatic rings. The molecule has 0 bridgehead atoms. The first kappa shape index (κ1) is 14.0. The third-order valence-corrected chi connectivity index (χ3v) is 2.97. The van der Waals surface area contributed by atoms with Crippen LogP contribution in [0, 0.1) is 17.1 Å². The van der Waals surface area contributed by atoms with E-state index in [-0.39, 0.29) is 18.5 Å². The molecule has 2 N–H and O–H groups in total. The van der Waals surface area contributed by atoms with E-state index in [0.717, 1.165) is 5.56 Å². The van der Waals surface area contributed by atoms with Crippen LogP contribution in [0.15, 0.2) is 42.5 Å². The zero-order valence-electron chi connectivity index (χ0n) is 11.1. The van der Waals surface area contributed by atoms with Crippen molar-refractivity contribution in [3.8, 4) is 11.8 Å². The van der Waals surface area contributed by atoms with Gasteiger partial charge in [0.05, 0.1) is 11.6 Å². The van der Waals surface area contributed by atoms with E-state index < -0.39 is 0 Å². The Balaban J connectivity index is 2.15. The summed E-state index contributed by atoms with van der Waals surface area (Å²) in [7, 11) is 0. The molecule has 0 aromatic heterocycles. The van der Waals surface area contributed by atoms with Gasteiger partial charge in [0.2, 0.25) is 0 Å². The van der Waals surface area contributed by atoms with Crippen molar-refractivity contribution >= 4 is 0 Å². The summed E-state index contributed by atoms with van der Waals surface area (Å²) in [6.45, 7) is 2.03. The summed E-state index contributed by atoms with van der Waals surface area (Å²) in [6, 6.07) is 13.4. The lowest BCUT2D eigenvalue weighted by Gasteiger charge is -2.11. The van der Waals surface area contributed by atoms with Crippen LogP contribution in [-0.2, 0) is 6.61 Å². The number of nitrogens with zero attached hydrogens (tertiary/aromatic N) is 1. The molecule has 0 aliphatic carbocycles. The molecule has 0 fully saturated rings. The quantitative estimate of drug-likeness (QED) is 0.927. The van der Waals surface area contributed by atoms with E-state index in [1.165, 1.54) is 18.2 Å². The summed E-state index contributed by atoms with van der Waals surface area (Å²) in [5.74, 6) is 0.264. The van der Waals surface area contributed by atoms with E-state index >= 15 is 0 Å². The van der Waals surface area contributed by atoms with Gasteiger partial charge in [0, 0.05) is 11.6 Å². The predicted octanol–water partition coefficient (Wildman–Crippen LogP) is 3.30. The van der Waals surface area contributed by atoms with Crippen LogP contribution in [0.1, 0.15) is 29.7 Å². The van der Waals surface area contributed by atoms with E-state index in [4.69, 9.17) is 15.7 Å². The third-order valence-electron chi connectivity index (χ3n) is 2.97. The first-order chi connectivity index (χ1) is 9.60. The second kappa shape index (κ2) is 6.18. The number of hydrogen-bond donors (Lipinski definition) is 1. The fraction of sp³-hybridized carbons (Fsp3) is 0.188. The van der Waals surface area contributed by atoms with Crippen molar-refractivity contribution in [1.29, 1.82) is 5.26 Å². The van der Waals surface area contributed by atoms with Crippen LogP contribution >= 0.6 is 0 Å². The van der Waals surface area contributed by atoms with Crippen LogP contribution in [-0.4, -0.2) is 0 Å². The molecule has 2 rings (SSSR count). The Labute approximate surface area is 117 Å². The molecule has 1 atom stereocenters. The molecule has 20 heavy (non-hydrogen) atoms. The molecular formula is C16H15FN2O. The number of nitrogens with two attached hydrogens (primary N) is 1. The first-order valence-corrected chi connectivity index (χ1v) is 6.27. The maximum Gasteiger partial charge on any atom is 0.123 e. The molecule has 0 spiro atoms. The topological polar surface area (TPSA) is 59.0 Å². The number of benzene rings is 2. The van der Waals surface area contributed by atoms with Gasteiger partial charge in [-0.25, -0.2) is 4.39 Å². The lowest BCUT2D eigenvalue weighted by Crippen LogP contribution is -2.05. The highest BCUT2D eigenvalue weighted by Gasteiger charge is 2.06. The van der Waals surface area contributed by atoms with Crippen molar-refractivity contribution in [2.45, 2.75) is 19.6 Å². The van der Waals surface area contributed by atoms with Crippen LogP contribution in [0.5, 0.6) is 5.75 Å². The second-order valence-corrected chi connectivity index (χ2v) is 4.56. The van der Waals surface area contributed by atoms with Crippen molar-refractivity contribution in [3.63, 3.8) is 0 Å². The Morgan fingerprint density at radius 2 is 2.10 bits per heavy atom. The maximum absolute atomic E-state index is 13.2. The fourth-order valence-electron chi connectivity index (χ4n) is 1.84. The van der Waals surface area contributed by atoms with Crippen LogP contribution in [0.3, 0.4) is 0 Å². The zero-order chi connectivity index (χ0) is 14.5. The predicted molar refractivity (Wildman–Crippen MR) is 74.5 cm³/mol. The first-order valence-electron chi connectivity index (χ1n) is 6.27. The highest BCUT2D eigenvalue weighted by atomic mass is 19.1. The van der Waals surface area contributed by atoms with Gasteiger partial charge in [0.1, 0.15) is 18.2 Å². The smallest absolute Gasteiger partial charge is 0.123 e. The molecule has 102 valence electrons. The monoisotopic (exact) mass is 270 g/mol. The van der Waals surface area contributed by atoms with E-state index in [1.807, 2.05) is 31.2 Å². The minimum Gasteiger partial charge on any atom is -0.489 e. The Bertz CT molecular complexity index is 647. The van der Waals surface area contributed by atoms with E-state index in [9.17, 15) is 4.39 Å².